The normalized spacial score (nSPS) is 21.4. The summed E-state index contributed by atoms with van der Waals surface area (Å²) in [5, 5.41) is 0. The van der Waals surface area contributed by atoms with Gasteiger partial charge in [0.1, 0.15) is 0 Å². The fraction of sp³-hybridized carbons (Fsp3) is 0.391. The molecule has 1 heterocycles. The van der Waals surface area contributed by atoms with E-state index in [1.54, 1.807) is 11.8 Å². The SMILES string of the molecule is O=C(CCSc1ccccc1)N1CCN(C(=O)[C@H]2C[C@@H]2c2ccccc2)CC1. The molecule has 0 N–H and O–H groups in total. The first-order valence-electron chi connectivity index (χ1n) is 10.0. The number of rotatable bonds is 6. The van der Waals surface area contributed by atoms with Gasteiger partial charge in [0, 0.05) is 49.2 Å². The van der Waals surface area contributed by atoms with Crippen LogP contribution in [0.4, 0.5) is 0 Å². The molecule has 2 fully saturated rings. The van der Waals surface area contributed by atoms with Gasteiger partial charge in [0.15, 0.2) is 0 Å². The van der Waals surface area contributed by atoms with E-state index in [0.29, 0.717) is 38.5 Å². The van der Waals surface area contributed by atoms with Crippen LogP contribution in [0.3, 0.4) is 0 Å². The van der Waals surface area contributed by atoms with E-state index in [2.05, 4.69) is 24.3 Å². The Labute approximate surface area is 170 Å². The van der Waals surface area contributed by atoms with Crippen LogP contribution in [0.25, 0.3) is 0 Å². The first-order valence-corrected chi connectivity index (χ1v) is 11.0. The Bertz CT molecular complexity index is 804. The molecule has 1 saturated carbocycles. The van der Waals surface area contributed by atoms with Crippen molar-refractivity contribution >= 4 is 23.6 Å². The monoisotopic (exact) mass is 394 g/mol. The van der Waals surface area contributed by atoms with Crippen molar-refractivity contribution in [1.29, 1.82) is 0 Å². The van der Waals surface area contributed by atoms with Crippen LogP contribution < -0.4 is 0 Å². The van der Waals surface area contributed by atoms with Gasteiger partial charge in [-0.2, -0.15) is 0 Å². The standard InChI is InChI=1S/C23H26N2O2S/c26-22(11-16-28-19-9-5-2-6-10-19)24-12-14-25(15-13-24)23(27)21-17-20(21)18-7-3-1-4-8-18/h1-10,20-21H,11-17H2/t20-,21+/m1/s1. The molecule has 0 spiro atoms. The maximum Gasteiger partial charge on any atom is 0.226 e. The van der Waals surface area contributed by atoms with Crippen LogP contribution in [-0.2, 0) is 9.59 Å². The zero-order valence-corrected chi connectivity index (χ0v) is 16.8. The Hall–Kier alpha value is -2.27. The summed E-state index contributed by atoms with van der Waals surface area (Å²) in [6, 6.07) is 20.5. The number of amides is 2. The smallest absolute Gasteiger partial charge is 0.226 e. The molecule has 2 aliphatic rings. The summed E-state index contributed by atoms with van der Waals surface area (Å²) in [5.74, 6) is 1.77. The molecule has 5 heteroatoms. The number of thioether (sulfide) groups is 1. The fourth-order valence-electron chi connectivity index (χ4n) is 3.88. The van der Waals surface area contributed by atoms with Crippen molar-refractivity contribution in [1.82, 2.24) is 9.80 Å². The van der Waals surface area contributed by atoms with Gasteiger partial charge in [0.25, 0.3) is 0 Å². The van der Waals surface area contributed by atoms with Crippen LogP contribution >= 0.6 is 11.8 Å². The van der Waals surface area contributed by atoms with Gasteiger partial charge in [-0.15, -0.1) is 11.8 Å². The molecule has 146 valence electrons. The summed E-state index contributed by atoms with van der Waals surface area (Å²) in [6.07, 6.45) is 1.50. The molecule has 1 aliphatic heterocycles. The summed E-state index contributed by atoms with van der Waals surface area (Å²) in [4.78, 5) is 30.3. The molecule has 28 heavy (non-hydrogen) atoms. The topological polar surface area (TPSA) is 40.6 Å². The summed E-state index contributed by atoms with van der Waals surface area (Å²) >= 11 is 1.72. The summed E-state index contributed by atoms with van der Waals surface area (Å²) in [7, 11) is 0. The highest BCUT2D eigenvalue weighted by atomic mass is 32.2. The number of benzene rings is 2. The van der Waals surface area contributed by atoms with Gasteiger partial charge >= 0.3 is 0 Å². The van der Waals surface area contributed by atoms with Crippen molar-refractivity contribution in [3.63, 3.8) is 0 Å². The average molecular weight is 395 g/mol. The number of hydrogen-bond donors (Lipinski definition) is 0. The highest BCUT2D eigenvalue weighted by molar-refractivity contribution is 7.99. The second-order valence-corrected chi connectivity index (χ2v) is 8.65. The van der Waals surface area contributed by atoms with Crippen molar-refractivity contribution < 1.29 is 9.59 Å². The van der Waals surface area contributed by atoms with E-state index in [0.717, 1.165) is 12.2 Å². The molecule has 1 aliphatic carbocycles. The highest BCUT2D eigenvalue weighted by Gasteiger charge is 2.46. The first-order chi connectivity index (χ1) is 13.7. The van der Waals surface area contributed by atoms with E-state index in [1.807, 2.05) is 46.2 Å². The van der Waals surface area contributed by atoms with Crippen molar-refractivity contribution in [3.05, 3.63) is 66.2 Å². The van der Waals surface area contributed by atoms with E-state index in [9.17, 15) is 9.59 Å². The molecular weight excluding hydrogens is 368 g/mol. The number of carbonyl (C=O) groups excluding carboxylic acids is 2. The van der Waals surface area contributed by atoms with Crippen LogP contribution in [0.15, 0.2) is 65.6 Å². The van der Waals surface area contributed by atoms with Gasteiger partial charge in [0.2, 0.25) is 11.8 Å². The van der Waals surface area contributed by atoms with Crippen molar-refractivity contribution in [2.45, 2.75) is 23.7 Å². The molecule has 2 aromatic carbocycles. The van der Waals surface area contributed by atoms with Crippen molar-refractivity contribution in [3.8, 4) is 0 Å². The van der Waals surface area contributed by atoms with Crippen molar-refractivity contribution in [2.75, 3.05) is 31.9 Å². The minimum Gasteiger partial charge on any atom is -0.339 e. The van der Waals surface area contributed by atoms with E-state index in [4.69, 9.17) is 0 Å². The van der Waals surface area contributed by atoms with E-state index in [-0.39, 0.29) is 17.7 Å². The quantitative estimate of drug-likeness (QED) is 0.703. The van der Waals surface area contributed by atoms with E-state index in [1.165, 1.54) is 10.5 Å². The maximum atomic E-state index is 12.8. The Morgan fingerprint density at radius 3 is 2.14 bits per heavy atom. The van der Waals surface area contributed by atoms with Gasteiger partial charge in [0.05, 0.1) is 0 Å². The summed E-state index contributed by atoms with van der Waals surface area (Å²) in [5.41, 5.74) is 1.27. The van der Waals surface area contributed by atoms with Crippen LogP contribution in [-0.4, -0.2) is 53.5 Å². The fourth-order valence-corrected chi connectivity index (χ4v) is 4.74. The molecule has 4 rings (SSSR count). The lowest BCUT2D eigenvalue weighted by molar-refractivity contribution is -0.140. The minimum atomic E-state index is 0.131. The predicted molar refractivity (Wildman–Crippen MR) is 112 cm³/mol. The molecule has 0 unspecified atom stereocenters. The molecule has 0 radical (unpaired) electrons. The number of nitrogens with zero attached hydrogens (tertiary/aromatic N) is 2. The van der Waals surface area contributed by atoms with E-state index < -0.39 is 0 Å². The van der Waals surface area contributed by atoms with Gasteiger partial charge in [-0.25, -0.2) is 0 Å². The lowest BCUT2D eigenvalue weighted by Gasteiger charge is -2.35. The Morgan fingerprint density at radius 2 is 1.46 bits per heavy atom. The summed E-state index contributed by atoms with van der Waals surface area (Å²) in [6.45, 7) is 2.63. The molecule has 2 aromatic rings. The zero-order valence-electron chi connectivity index (χ0n) is 16.0. The van der Waals surface area contributed by atoms with Gasteiger partial charge in [-0.3, -0.25) is 9.59 Å². The predicted octanol–water partition coefficient (Wildman–Crippen LogP) is 3.64. The van der Waals surface area contributed by atoms with Crippen LogP contribution in [0.2, 0.25) is 0 Å². The lowest BCUT2D eigenvalue weighted by atomic mass is 10.1. The molecule has 0 bridgehead atoms. The van der Waals surface area contributed by atoms with E-state index >= 15 is 0 Å². The molecule has 0 aromatic heterocycles. The maximum absolute atomic E-state index is 12.8. The second kappa shape index (κ2) is 8.82. The molecule has 2 amide bonds. The lowest BCUT2D eigenvalue weighted by Crippen LogP contribution is -2.51. The Balaban J connectivity index is 1.19. The number of piperazine rings is 1. The first kappa shape index (κ1) is 19.1. The number of carbonyl (C=O) groups is 2. The Morgan fingerprint density at radius 1 is 0.857 bits per heavy atom. The van der Waals surface area contributed by atoms with Crippen LogP contribution in [0.1, 0.15) is 24.3 Å². The minimum absolute atomic E-state index is 0.131. The van der Waals surface area contributed by atoms with Crippen LogP contribution in [0.5, 0.6) is 0 Å². The van der Waals surface area contributed by atoms with Crippen LogP contribution in [0, 0.1) is 5.92 Å². The molecule has 1 saturated heterocycles. The van der Waals surface area contributed by atoms with Gasteiger partial charge in [-0.1, -0.05) is 48.5 Å². The molecular formula is C23H26N2O2S. The van der Waals surface area contributed by atoms with Gasteiger partial charge in [-0.05, 0) is 30.0 Å². The second-order valence-electron chi connectivity index (χ2n) is 7.48. The zero-order chi connectivity index (χ0) is 19.3. The Kier molecular flexibility index (Phi) is 6.01. The highest BCUT2D eigenvalue weighted by Crippen LogP contribution is 2.48. The molecule has 4 nitrogen and oxygen atoms in total. The average Bonchev–Trinajstić information content (AvgIpc) is 3.56. The third-order valence-electron chi connectivity index (χ3n) is 5.61. The summed E-state index contributed by atoms with van der Waals surface area (Å²) < 4.78 is 0. The molecule has 2 atom stereocenters. The number of hydrogen-bond acceptors (Lipinski definition) is 3. The van der Waals surface area contributed by atoms with Crippen molar-refractivity contribution in [2.24, 2.45) is 5.92 Å². The third kappa shape index (κ3) is 4.58. The van der Waals surface area contributed by atoms with Gasteiger partial charge < -0.3 is 9.80 Å². The largest absolute Gasteiger partial charge is 0.339 e. The third-order valence-corrected chi connectivity index (χ3v) is 6.62.